The molecule has 0 aromatic carbocycles. The first-order valence-electron chi connectivity index (χ1n) is 11.5. The molecule has 9 nitrogen and oxygen atoms in total. The third kappa shape index (κ3) is 11.4. The van der Waals surface area contributed by atoms with Gasteiger partial charge in [-0.3, -0.25) is 9.88 Å². The lowest BCUT2D eigenvalue weighted by molar-refractivity contribution is -0.193. The molecular weight excluding hydrogens is 560 g/mol. The molecule has 2 aliphatic rings. The van der Waals surface area contributed by atoms with Crippen molar-refractivity contribution in [2.24, 2.45) is 5.92 Å². The van der Waals surface area contributed by atoms with Crippen molar-refractivity contribution in [3.05, 3.63) is 46.2 Å². The monoisotopic (exact) mass is 587 g/mol. The van der Waals surface area contributed by atoms with Crippen LogP contribution in [0, 0.1) is 12.8 Å². The summed E-state index contributed by atoms with van der Waals surface area (Å²) < 4.78 is 75.5. The Morgan fingerprint density at radius 3 is 2.31 bits per heavy atom. The molecule has 39 heavy (non-hydrogen) atoms. The first-order valence-corrected chi connectivity index (χ1v) is 12.4. The standard InChI is InChI=1S/C19H25N3O2S.2C2HF3O2/c1-14-3-2-4-16(21-14)13-23-12-15-9-17-18(10-15)24-7-6-22(17)11-19-20-5-8-25-19;2*3-2(4,5)1(6)7/h2-5,8,15,17-18H,6-7,9-13H2,1H3;2*(H,6,7)/t15?,17-,18-;;/m0../s1. The van der Waals surface area contributed by atoms with Gasteiger partial charge in [0.15, 0.2) is 0 Å². The number of halogens is 6. The number of carboxylic acid groups (broad SMARTS) is 2. The van der Waals surface area contributed by atoms with Crippen LogP contribution >= 0.6 is 11.3 Å². The van der Waals surface area contributed by atoms with Gasteiger partial charge >= 0.3 is 24.3 Å². The smallest absolute Gasteiger partial charge is 0.475 e. The molecule has 2 aromatic rings. The molecule has 3 heterocycles. The van der Waals surface area contributed by atoms with Crippen molar-refractivity contribution >= 4 is 23.3 Å². The molecule has 0 amide bonds. The number of thiazole rings is 1. The molecule has 218 valence electrons. The van der Waals surface area contributed by atoms with Gasteiger partial charge in [0.25, 0.3) is 0 Å². The summed E-state index contributed by atoms with van der Waals surface area (Å²) in [5.41, 5.74) is 2.05. The summed E-state index contributed by atoms with van der Waals surface area (Å²) in [4.78, 5) is 29.3. The maximum atomic E-state index is 10.6. The molecule has 16 heteroatoms. The topological polar surface area (TPSA) is 122 Å². The van der Waals surface area contributed by atoms with E-state index in [1.165, 1.54) is 5.01 Å². The Morgan fingerprint density at radius 1 is 1.13 bits per heavy atom. The average molecular weight is 588 g/mol. The van der Waals surface area contributed by atoms with Gasteiger partial charge in [0.1, 0.15) is 5.01 Å². The normalized spacial score (nSPS) is 21.2. The van der Waals surface area contributed by atoms with E-state index in [1.54, 1.807) is 11.3 Å². The lowest BCUT2D eigenvalue weighted by Gasteiger charge is -2.37. The van der Waals surface area contributed by atoms with Gasteiger partial charge in [-0.1, -0.05) is 6.07 Å². The fourth-order valence-electron chi connectivity index (χ4n) is 3.97. The SMILES string of the molecule is Cc1cccc(COCC2C[C@@H]3OCCN(Cc4nccs4)[C@H]3C2)n1.O=C(O)C(F)(F)F.O=C(O)C(F)(F)F. The third-order valence-electron chi connectivity index (χ3n) is 5.61. The van der Waals surface area contributed by atoms with Crippen molar-refractivity contribution in [2.75, 3.05) is 19.8 Å². The number of hydrogen-bond donors (Lipinski definition) is 2. The molecule has 2 aromatic heterocycles. The minimum atomic E-state index is -5.08. The maximum Gasteiger partial charge on any atom is 0.490 e. The van der Waals surface area contributed by atoms with Gasteiger partial charge in [0, 0.05) is 29.9 Å². The molecule has 1 aliphatic heterocycles. The van der Waals surface area contributed by atoms with Gasteiger partial charge in [-0.05, 0) is 37.8 Å². The van der Waals surface area contributed by atoms with Gasteiger partial charge in [-0.2, -0.15) is 26.3 Å². The first-order chi connectivity index (χ1) is 18.2. The maximum absolute atomic E-state index is 10.6. The number of fused-ring (bicyclic) bond motifs is 1. The quantitative estimate of drug-likeness (QED) is 0.476. The van der Waals surface area contributed by atoms with Crippen LogP contribution in [0.3, 0.4) is 0 Å². The lowest BCUT2D eigenvalue weighted by Crippen LogP contribution is -2.47. The van der Waals surface area contributed by atoms with Crippen molar-refractivity contribution in [1.29, 1.82) is 0 Å². The molecule has 1 unspecified atom stereocenters. The molecule has 0 bridgehead atoms. The molecule has 1 aliphatic carbocycles. The summed E-state index contributed by atoms with van der Waals surface area (Å²) in [5, 5.41) is 17.5. The summed E-state index contributed by atoms with van der Waals surface area (Å²) in [5.74, 6) is -4.95. The van der Waals surface area contributed by atoms with Crippen LogP contribution < -0.4 is 0 Å². The van der Waals surface area contributed by atoms with E-state index < -0.39 is 24.3 Å². The Balaban J connectivity index is 0.000000317. The predicted molar refractivity (Wildman–Crippen MR) is 125 cm³/mol. The molecule has 0 spiro atoms. The van der Waals surface area contributed by atoms with E-state index >= 15 is 0 Å². The highest BCUT2D eigenvalue weighted by Gasteiger charge is 2.41. The van der Waals surface area contributed by atoms with Crippen molar-refractivity contribution in [3.8, 4) is 0 Å². The molecule has 1 saturated heterocycles. The zero-order valence-corrected chi connectivity index (χ0v) is 21.4. The fraction of sp³-hybridized carbons (Fsp3) is 0.565. The minimum absolute atomic E-state index is 0.347. The number of ether oxygens (including phenoxy) is 2. The molecule has 2 fully saturated rings. The Hall–Kier alpha value is -2.82. The van der Waals surface area contributed by atoms with E-state index in [1.807, 2.05) is 31.3 Å². The summed E-state index contributed by atoms with van der Waals surface area (Å²) in [6, 6.07) is 6.58. The minimum Gasteiger partial charge on any atom is -0.475 e. The predicted octanol–water partition coefficient (Wildman–Crippen LogP) is 4.31. The number of aryl methyl sites for hydroxylation is 1. The van der Waals surface area contributed by atoms with E-state index in [9.17, 15) is 26.3 Å². The van der Waals surface area contributed by atoms with Crippen LogP contribution in [0.5, 0.6) is 0 Å². The molecule has 1 saturated carbocycles. The van der Waals surface area contributed by atoms with Crippen LogP contribution in [-0.2, 0) is 32.2 Å². The lowest BCUT2D eigenvalue weighted by atomic mass is 10.1. The highest BCUT2D eigenvalue weighted by Crippen LogP contribution is 2.35. The first kappa shape index (κ1) is 32.4. The van der Waals surface area contributed by atoms with Crippen molar-refractivity contribution < 1.29 is 55.6 Å². The van der Waals surface area contributed by atoms with Crippen LogP contribution in [0.2, 0.25) is 0 Å². The van der Waals surface area contributed by atoms with Gasteiger partial charge in [0.05, 0.1) is 38.2 Å². The number of alkyl halides is 6. The number of hydrogen-bond acceptors (Lipinski definition) is 8. The second-order valence-electron chi connectivity index (χ2n) is 8.60. The number of aliphatic carboxylic acids is 2. The zero-order chi connectivity index (χ0) is 29.2. The Morgan fingerprint density at radius 2 is 1.77 bits per heavy atom. The van der Waals surface area contributed by atoms with Crippen LogP contribution in [0.25, 0.3) is 0 Å². The third-order valence-corrected chi connectivity index (χ3v) is 6.37. The summed E-state index contributed by atoms with van der Waals surface area (Å²) >= 11 is 1.74. The van der Waals surface area contributed by atoms with Crippen LogP contribution in [-0.4, -0.2) is 81.3 Å². The largest absolute Gasteiger partial charge is 0.490 e. The Bertz CT molecular complexity index is 1030. The number of nitrogens with zero attached hydrogens (tertiary/aromatic N) is 3. The Labute approximate surface area is 223 Å². The average Bonchev–Trinajstić information content (AvgIpc) is 3.49. The molecule has 0 radical (unpaired) electrons. The number of aromatic nitrogens is 2. The van der Waals surface area contributed by atoms with E-state index in [4.69, 9.17) is 29.3 Å². The number of carboxylic acids is 2. The van der Waals surface area contributed by atoms with E-state index in [-0.39, 0.29) is 0 Å². The number of pyridine rings is 1. The second kappa shape index (κ2) is 14.5. The number of carbonyl (C=O) groups is 2. The van der Waals surface area contributed by atoms with E-state index in [0.717, 1.165) is 50.5 Å². The molecule has 3 atom stereocenters. The number of morpholine rings is 1. The van der Waals surface area contributed by atoms with Crippen LogP contribution in [0.4, 0.5) is 26.3 Å². The van der Waals surface area contributed by atoms with Crippen molar-refractivity contribution in [3.63, 3.8) is 0 Å². The summed E-state index contributed by atoms with van der Waals surface area (Å²) in [6.45, 7) is 6.17. The second-order valence-corrected chi connectivity index (χ2v) is 9.58. The van der Waals surface area contributed by atoms with Gasteiger partial charge in [-0.25, -0.2) is 14.6 Å². The van der Waals surface area contributed by atoms with Gasteiger partial charge in [0.2, 0.25) is 0 Å². The molecule has 2 N–H and O–H groups in total. The highest BCUT2D eigenvalue weighted by molar-refractivity contribution is 7.09. The van der Waals surface area contributed by atoms with Crippen molar-refractivity contribution in [1.82, 2.24) is 14.9 Å². The molecule has 4 rings (SSSR count). The van der Waals surface area contributed by atoms with Crippen LogP contribution in [0.15, 0.2) is 29.8 Å². The summed E-state index contributed by atoms with van der Waals surface area (Å²) in [6.07, 6.45) is -5.68. The van der Waals surface area contributed by atoms with Gasteiger partial charge < -0.3 is 19.7 Å². The number of rotatable bonds is 6. The van der Waals surface area contributed by atoms with Crippen LogP contribution in [0.1, 0.15) is 29.2 Å². The van der Waals surface area contributed by atoms with Gasteiger partial charge in [-0.15, -0.1) is 11.3 Å². The highest BCUT2D eigenvalue weighted by atomic mass is 32.1. The van der Waals surface area contributed by atoms with E-state index in [0.29, 0.717) is 24.7 Å². The summed E-state index contributed by atoms with van der Waals surface area (Å²) in [7, 11) is 0. The Kier molecular flexibility index (Phi) is 12.1. The van der Waals surface area contributed by atoms with Crippen molar-refractivity contribution in [2.45, 2.75) is 57.4 Å². The zero-order valence-electron chi connectivity index (χ0n) is 20.6. The van der Waals surface area contributed by atoms with E-state index in [2.05, 4.69) is 20.2 Å². The fourth-order valence-corrected chi connectivity index (χ4v) is 4.61. The molecular formula is C23H27F6N3O6S.